The third-order valence-electron chi connectivity index (χ3n) is 12.5. The molecule has 0 unspecified atom stereocenters. The van der Waals surface area contributed by atoms with Crippen LogP contribution in [-0.2, 0) is 46.3 Å². The van der Waals surface area contributed by atoms with Gasteiger partial charge in [-0.2, -0.15) is 0 Å². The van der Waals surface area contributed by atoms with Gasteiger partial charge >= 0.3 is 0 Å². The zero-order chi connectivity index (χ0) is 53.0. The molecule has 6 heterocycles. The molecular weight excluding hydrogens is 986 g/mol. The molecule has 0 radical (unpaired) electrons. The zero-order valence-electron chi connectivity index (χ0n) is 38.5. The first-order chi connectivity index (χ1) is 34.8. The van der Waals surface area contributed by atoms with Crippen LogP contribution in [0.15, 0.2) is 30.6 Å². The number of anilines is 1. The van der Waals surface area contributed by atoms with Crippen molar-refractivity contribution in [2.75, 3.05) is 31.7 Å². The lowest BCUT2D eigenvalue weighted by Crippen LogP contribution is -2.63. The minimum atomic E-state index is -1.86. The number of aliphatic hydroxyl groups excluding tert-OH is 14. The van der Waals surface area contributed by atoms with Crippen molar-refractivity contribution in [1.82, 2.24) is 40.6 Å². The minimum Gasteiger partial charge on any atom is -0.394 e. The first-order valence-electron chi connectivity index (χ1n) is 22.8. The number of amides is 3. The summed E-state index contributed by atoms with van der Waals surface area (Å²) in [5.41, 5.74) is 0.0577. The zero-order valence-corrected chi connectivity index (χ0v) is 38.5. The number of hydrogen-bond donors (Lipinski definition) is 17. The number of aromatic nitrogens is 6. The second kappa shape index (κ2) is 24.2. The molecule has 0 bridgehead atoms. The van der Waals surface area contributed by atoms with Gasteiger partial charge in [0.25, 0.3) is 11.8 Å². The molecule has 17 N–H and O–H groups in total. The van der Waals surface area contributed by atoms with Crippen LogP contribution >= 0.6 is 0 Å². The molecule has 2 aromatic heterocycles. The average Bonchev–Trinajstić information content (AvgIpc) is 4.08. The van der Waals surface area contributed by atoms with Crippen LogP contribution in [0, 0.1) is 0 Å². The van der Waals surface area contributed by atoms with Crippen LogP contribution < -0.4 is 16.0 Å². The van der Waals surface area contributed by atoms with Crippen LogP contribution in [-0.4, -0.2) is 256 Å². The highest BCUT2D eigenvalue weighted by atomic mass is 16.7. The van der Waals surface area contributed by atoms with E-state index in [1.807, 2.05) is 0 Å². The Morgan fingerprint density at radius 3 is 1.30 bits per heavy atom. The van der Waals surface area contributed by atoms with Gasteiger partial charge in [-0.3, -0.25) is 14.4 Å². The number of hydrogen-bond acceptors (Lipinski definition) is 27. The lowest BCUT2D eigenvalue weighted by atomic mass is 9.96. The first-order valence-corrected chi connectivity index (χ1v) is 22.8. The highest BCUT2D eigenvalue weighted by molar-refractivity contribution is 6.02. The molecule has 0 aliphatic carbocycles. The van der Waals surface area contributed by atoms with Gasteiger partial charge < -0.3 is 116 Å². The van der Waals surface area contributed by atoms with E-state index in [9.17, 15) is 85.9 Å². The number of nitrogens with one attached hydrogen (secondary N) is 3. The number of carbonyl (C=O) groups is 3. The molecule has 4 saturated heterocycles. The number of ether oxygens (including phenoxy) is 6. The van der Waals surface area contributed by atoms with Gasteiger partial charge in [-0.25, -0.2) is 9.36 Å². The van der Waals surface area contributed by atoms with Crippen LogP contribution in [0.5, 0.6) is 0 Å². The van der Waals surface area contributed by atoms with Crippen molar-refractivity contribution in [2.24, 2.45) is 0 Å². The standard InChI is InChI=1S/C41H59N9O23/c1-2-23(55)44-16-4-14(36(66)42-6-17-8-49(47-45-17)38-30(62)28(60)34(21(12-53)68-38)72-40-32(64)26(58)24(56)19(10-51)70-40)3-15(5-16)37(67)43-7-18-9-50(48-46-18)39-31(63)29(61)35(22(13-54)69-39)73-41-33(65)27(59)25(57)20(11-52)71-41/h3-5,8-9,19-22,24-35,38-41,51-54,56-65H,2,6-7,10-13H2,1H3,(H,42,66)(H,43,67)(H,44,55)/t19-,20-,21-,22-,24+,25+,26+,27+,28-,29-,30-,31-,32-,33-,34+,35+,38-,39-,40+,41+/m1/s1. The number of nitrogens with zero attached hydrogens (tertiary/aromatic N) is 6. The molecule has 73 heavy (non-hydrogen) atoms. The van der Waals surface area contributed by atoms with Gasteiger partial charge in [0, 0.05) is 23.2 Å². The van der Waals surface area contributed by atoms with E-state index in [4.69, 9.17) is 28.4 Å². The van der Waals surface area contributed by atoms with Gasteiger partial charge in [-0.1, -0.05) is 17.4 Å². The highest BCUT2D eigenvalue weighted by Crippen LogP contribution is 2.35. The Hall–Kier alpha value is -4.89. The summed E-state index contributed by atoms with van der Waals surface area (Å²) in [6, 6.07) is 3.82. The van der Waals surface area contributed by atoms with Crippen LogP contribution in [0.4, 0.5) is 5.69 Å². The number of rotatable bonds is 18. The molecule has 0 spiro atoms. The molecule has 0 saturated carbocycles. The Bertz CT molecular complexity index is 2180. The topological polar surface area (TPSA) is 487 Å². The summed E-state index contributed by atoms with van der Waals surface area (Å²) in [5, 5.41) is 168. The molecule has 20 atom stereocenters. The molecule has 3 aromatic rings. The predicted molar refractivity (Wildman–Crippen MR) is 231 cm³/mol. The summed E-state index contributed by atoms with van der Waals surface area (Å²) in [7, 11) is 0. The van der Waals surface area contributed by atoms with E-state index < -0.39 is 167 Å². The predicted octanol–water partition coefficient (Wildman–Crippen LogP) is -9.33. The minimum absolute atomic E-state index is 0.0477. The van der Waals surface area contributed by atoms with E-state index in [1.54, 1.807) is 6.92 Å². The Morgan fingerprint density at radius 1 is 0.534 bits per heavy atom. The van der Waals surface area contributed by atoms with Gasteiger partial charge in [0.2, 0.25) is 5.91 Å². The lowest BCUT2D eigenvalue weighted by molar-refractivity contribution is -0.347. The fourth-order valence-corrected chi connectivity index (χ4v) is 8.37. The summed E-state index contributed by atoms with van der Waals surface area (Å²) >= 11 is 0. The average molecular weight is 1050 g/mol. The van der Waals surface area contributed by atoms with E-state index >= 15 is 0 Å². The maximum atomic E-state index is 13.5. The molecule has 32 heteroatoms. The van der Waals surface area contributed by atoms with Gasteiger partial charge in [0.05, 0.1) is 51.9 Å². The fraction of sp³-hybridized carbons (Fsp3) is 0.683. The van der Waals surface area contributed by atoms with Crippen molar-refractivity contribution >= 4 is 23.4 Å². The smallest absolute Gasteiger partial charge is 0.251 e. The second-order valence-corrected chi connectivity index (χ2v) is 17.5. The second-order valence-electron chi connectivity index (χ2n) is 17.5. The van der Waals surface area contributed by atoms with E-state index in [0.29, 0.717) is 0 Å². The summed E-state index contributed by atoms with van der Waals surface area (Å²) in [6.07, 6.45) is -30.7. The lowest BCUT2D eigenvalue weighted by Gasteiger charge is -2.45. The van der Waals surface area contributed by atoms with E-state index in [2.05, 4.69) is 36.6 Å². The SMILES string of the molecule is CCC(=O)Nc1cc(C(=O)NCc2cn([C@@H]3O[C@H](CO)[C@H](O[C@@H]4O[C@H](CO)[C@H](O)[C@H](O)[C@H]4O)[C@H](O)[C@H]3O)nn2)cc(C(=O)NCc2cn([C@@H]3O[C@H](CO)[C@H](O[C@@H]4O[C@H](CO)[C@H](O)[C@H](O)[C@H]4O)[C@H](O)[C@H]3O)nn2)c1. The molecule has 32 nitrogen and oxygen atoms in total. The molecule has 4 aliphatic rings. The molecule has 3 amide bonds. The van der Waals surface area contributed by atoms with Crippen LogP contribution in [0.2, 0.25) is 0 Å². The monoisotopic (exact) mass is 1050 g/mol. The Balaban J connectivity index is 0.962. The van der Waals surface area contributed by atoms with Gasteiger partial charge in [0.1, 0.15) is 109 Å². The van der Waals surface area contributed by atoms with Crippen molar-refractivity contribution in [3.05, 3.63) is 53.1 Å². The van der Waals surface area contributed by atoms with E-state index in [0.717, 1.165) is 9.36 Å². The fourth-order valence-electron chi connectivity index (χ4n) is 8.37. The molecule has 1 aromatic carbocycles. The van der Waals surface area contributed by atoms with Crippen molar-refractivity contribution in [3.8, 4) is 0 Å². The van der Waals surface area contributed by atoms with Gasteiger partial charge in [-0.15, -0.1) is 10.2 Å². The maximum absolute atomic E-state index is 13.5. The van der Waals surface area contributed by atoms with E-state index in [-0.39, 0.29) is 47.7 Å². The summed E-state index contributed by atoms with van der Waals surface area (Å²) in [6.45, 7) is -2.18. The quantitative estimate of drug-likeness (QED) is 0.0562. The van der Waals surface area contributed by atoms with Gasteiger partial charge in [-0.05, 0) is 18.2 Å². The third-order valence-corrected chi connectivity index (χ3v) is 12.5. The third kappa shape index (κ3) is 12.1. The Morgan fingerprint density at radius 2 is 0.932 bits per heavy atom. The molecule has 4 aliphatic heterocycles. The molecule has 406 valence electrons. The Labute approximate surface area is 411 Å². The maximum Gasteiger partial charge on any atom is 0.251 e. The van der Waals surface area contributed by atoms with Crippen LogP contribution in [0.1, 0.15) is 57.9 Å². The summed E-state index contributed by atoms with van der Waals surface area (Å²) in [5.74, 6) is -1.96. The molecular formula is C41H59N9O23. The number of aliphatic hydroxyl groups is 14. The van der Waals surface area contributed by atoms with Crippen molar-refractivity contribution in [2.45, 2.75) is 149 Å². The highest BCUT2D eigenvalue weighted by Gasteiger charge is 2.53. The normalized spacial score (nSPS) is 36.9. The van der Waals surface area contributed by atoms with E-state index in [1.165, 1.54) is 30.6 Å². The van der Waals surface area contributed by atoms with Crippen molar-refractivity contribution in [1.29, 1.82) is 0 Å². The molecule has 7 rings (SSSR count). The number of benzene rings is 1. The first kappa shape index (κ1) is 55.9. The Kier molecular flexibility index (Phi) is 18.5. The summed E-state index contributed by atoms with van der Waals surface area (Å²) < 4.78 is 35.3. The van der Waals surface area contributed by atoms with Crippen molar-refractivity contribution in [3.63, 3.8) is 0 Å². The van der Waals surface area contributed by atoms with Crippen molar-refractivity contribution < 1.29 is 114 Å². The van der Waals surface area contributed by atoms with Crippen LogP contribution in [0.25, 0.3) is 0 Å². The number of carbonyl (C=O) groups excluding carboxylic acids is 3. The summed E-state index contributed by atoms with van der Waals surface area (Å²) in [4.78, 5) is 39.4. The molecule has 4 fully saturated rings. The van der Waals surface area contributed by atoms with Crippen LogP contribution in [0.3, 0.4) is 0 Å². The van der Waals surface area contributed by atoms with Gasteiger partial charge in [0.15, 0.2) is 25.0 Å². The largest absolute Gasteiger partial charge is 0.394 e.